The van der Waals surface area contributed by atoms with Gasteiger partial charge in [0, 0.05) is 24.2 Å². The van der Waals surface area contributed by atoms with Crippen molar-refractivity contribution in [1.29, 1.82) is 0 Å². The van der Waals surface area contributed by atoms with Crippen molar-refractivity contribution in [1.82, 2.24) is 4.90 Å². The van der Waals surface area contributed by atoms with Gasteiger partial charge in [0.1, 0.15) is 0 Å². The number of halogens is 2. The second-order valence-electron chi connectivity index (χ2n) is 7.51. The number of amides is 1. The van der Waals surface area contributed by atoms with E-state index in [-0.39, 0.29) is 35.9 Å². The molecule has 7 heteroatoms. The third kappa shape index (κ3) is 19.7. The summed E-state index contributed by atoms with van der Waals surface area (Å²) in [6, 6.07) is 0. The molecule has 0 fully saturated rings. The lowest BCUT2D eigenvalue weighted by Crippen LogP contribution is -2.39. The van der Waals surface area contributed by atoms with Gasteiger partial charge < -0.3 is 21.5 Å². The highest BCUT2D eigenvalue weighted by Crippen LogP contribution is 2.13. The number of hydrogen-bond acceptors (Lipinski definition) is 3. The molecule has 5 nitrogen and oxygen atoms in total. The molecule has 0 rings (SSSR count). The van der Waals surface area contributed by atoms with Crippen LogP contribution in [0.2, 0.25) is 0 Å². The first kappa shape index (κ1) is 27.6. The van der Waals surface area contributed by atoms with Crippen LogP contribution in [0.4, 0.5) is 4.79 Å². The minimum atomic E-state index is -0.843. The fourth-order valence-corrected chi connectivity index (χ4v) is 2.14. The number of unbranched alkanes of at least 4 members (excludes halogenated alkanes) is 4. The van der Waals surface area contributed by atoms with Gasteiger partial charge in [0.15, 0.2) is 0 Å². The standard InChI is InChI=1S/C16H35N3O2.2ClH/c1-15(2,17)10-8-6-5-7-9-12-19(14(20)21)13-11-16(3,4)18;;/h5-13,17-18H2,1-4H3,(H,20,21);2*1H. The van der Waals surface area contributed by atoms with E-state index in [9.17, 15) is 9.90 Å². The van der Waals surface area contributed by atoms with Gasteiger partial charge in [-0.05, 0) is 47.0 Å². The van der Waals surface area contributed by atoms with Crippen LogP contribution in [0.3, 0.4) is 0 Å². The lowest BCUT2D eigenvalue weighted by atomic mass is 9.97. The summed E-state index contributed by atoms with van der Waals surface area (Å²) in [5, 5.41) is 9.17. The molecule has 0 radical (unpaired) electrons. The van der Waals surface area contributed by atoms with Crippen LogP contribution < -0.4 is 11.5 Å². The maximum atomic E-state index is 11.2. The molecule has 0 aliphatic heterocycles. The Morgan fingerprint density at radius 3 is 1.70 bits per heavy atom. The van der Waals surface area contributed by atoms with Crippen molar-refractivity contribution < 1.29 is 9.90 Å². The predicted octanol–water partition coefficient (Wildman–Crippen LogP) is 4.02. The van der Waals surface area contributed by atoms with Crippen molar-refractivity contribution in [3.63, 3.8) is 0 Å². The normalized spacial score (nSPS) is 11.4. The van der Waals surface area contributed by atoms with Crippen LogP contribution in [0.25, 0.3) is 0 Å². The van der Waals surface area contributed by atoms with Gasteiger partial charge in [0.2, 0.25) is 0 Å². The van der Waals surface area contributed by atoms with Crippen LogP contribution in [0, 0.1) is 0 Å². The summed E-state index contributed by atoms with van der Waals surface area (Å²) in [7, 11) is 0. The quantitative estimate of drug-likeness (QED) is 0.476. The van der Waals surface area contributed by atoms with Crippen LogP contribution in [-0.2, 0) is 0 Å². The number of carboxylic acid groups (broad SMARTS) is 1. The maximum absolute atomic E-state index is 11.2. The fourth-order valence-electron chi connectivity index (χ4n) is 2.14. The van der Waals surface area contributed by atoms with Gasteiger partial charge in [-0.25, -0.2) is 4.79 Å². The predicted molar refractivity (Wildman–Crippen MR) is 103 cm³/mol. The van der Waals surface area contributed by atoms with E-state index in [0.717, 1.165) is 32.1 Å². The topological polar surface area (TPSA) is 92.6 Å². The van der Waals surface area contributed by atoms with Crippen LogP contribution in [0.1, 0.15) is 72.6 Å². The summed E-state index contributed by atoms with van der Waals surface area (Å²) in [6.45, 7) is 9.07. The average molecular weight is 374 g/mol. The Kier molecular flexibility index (Phi) is 15.7. The first-order chi connectivity index (χ1) is 9.51. The molecule has 0 aromatic heterocycles. The SMILES string of the molecule is CC(C)(N)CCCCCCCN(CCC(C)(C)N)C(=O)O.Cl.Cl. The number of nitrogens with zero attached hydrogens (tertiary/aromatic N) is 1. The van der Waals surface area contributed by atoms with Crippen molar-refractivity contribution in [3.8, 4) is 0 Å². The number of hydrogen-bond donors (Lipinski definition) is 3. The number of rotatable bonds is 11. The highest BCUT2D eigenvalue weighted by molar-refractivity contribution is 5.85. The highest BCUT2D eigenvalue weighted by Gasteiger charge is 2.16. The van der Waals surface area contributed by atoms with Crippen LogP contribution in [-0.4, -0.2) is 40.3 Å². The summed E-state index contributed by atoms with van der Waals surface area (Å²) >= 11 is 0. The number of nitrogens with two attached hydrogens (primary N) is 2. The molecule has 0 aromatic carbocycles. The van der Waals surface area contributed by atoms with Crippen molar-refractivity contribution in [3.05, 3.63) is 0 Å². The van der Waals surface area contributed by atoms with Crippen LogP contribution in [0.15, 0.2) is 0 Å². The number of carbonyl (C=O) groups is 1. The van der Waals surface area contributed by atoms with Gasteiger partial charge in [-0.2, -0.15) is 0 Å². The molecule has 23 heavy (non-hydrogen) atoms. The molecule has 0 aliphatic rings. The van der Waals surface area contributed by atoms with E-state index in [2.05, 4.69) is 13.8 Å². The molecule has 0 atom stereocenters. The largest absolute Gasteiger partial charge is 0.465 e. The highest BCUT2D eigenvalue weighted by atomic mass is 35.5. The van der Waals surface area contributed by atoms with Gasteiger partial charge in [-0.15, -0.1) is 24.8 Å². The average Bonchev–Trinajstić information content (AvgIpc) is 2.28. The van der Waals surface area contributed by atoms with Gasteiger partial charge in [0.25, 0.3) is 0 Å². The third-order valence-electron chi connectivity index (χ3n) is 3.55. The Bertz CT molecular complexity index is 303. The van der Waals surface area contributed by atoms with Crippen molar-refractivity contribution in [2.75, 3.05) is 13.1 Å². The second-order valence-corrected chi connectivity index (χ2v) is 7.51. The van der Waals surface area contributed by atoms with Crippen LogP contribution in [0.5, 0.6) is 0 Å². The van der Waals surface area contributed by atoms with E-state index in [4.69, 9.17) is 11.5 Å². The van der Waals surface area contributed by atoms with Gasteiger partial charge >= 0.3 is 6.09 Å². The van der Waals surface area contributed by atoms with Gasteiger partial charge in [-0.3, -0.25) is 0 Å². The van der Waals surface area contributed by atoms with Crippen molar-refractivity contribution in [2.24, 2.45) is 11.5 Å². The molecular formula is C16H37Cl2N3O2. The smallest absolute Gasteiger partial charge is 0.407 e. The molecule has 0 saturated carbocycles. The summed E-state index contributed by atoms with van der Waals surface area (Å²) in [6.07, 6.45) is 6.33. The lowest BCUT2D eigenvalue weighted by molar-refractivity contribution is 0.140. The van der Waals surface area contributed by atoms with Crippen LogP contribution >= 0.6 is 24.8 Å². The molecule has 0 spiro atoms. The summed E-state index contributed by atoms with van der Waals surface area (Å²) in [5.74, 6) is 0. The third-order valence-corrected chi connectivity index (χ3v) is 3.55. The lowest BCUT2D eigenvalue weighted by Gasteiger charge is -2.24. The van der Waals surface area contributed by atoms with E-state index < -0.39 is 6.09 Å². The minimum absolute atomic E-state index is 0. The minimum Gasteiger partial charge on any atom is -0.465 e. The maximum Gasteiger partial charge on any atom is 0.407 e. The van der Waals surface area contributed by atoms with Crippen molar-refractivity contribution >= 4 is 30.9 Å². The first-order valence-corrected chi connectivity index (χ1v) is 8.07. The van der Waals surface area contributed by atoms with Crippen molar-refractivity contribution in [2.45, 2.75) is 83.7 Å². The first-order valence-electron chi connectivity index (χ1n) is 8.07. The monoisotopic (exact) mass is 373 g/mol. The van der Waals surface area contributed by atoms with E-state index in [1.54, 1.807) is 0 Å². The summed E-state index contributed by atoms with van der Waals surface area (Å²) in [4.78, 5) is 12.6. The molecular weight excluding hydrogens is 337 g/mol. The van der Waals surface area contributed by atoms with E-state index >= 15 is 0 Å². The zero-order chi connectivity index (χ0) is 16.5. The Balaban J connectivity index is -0.00000200. The van der Waals surface area contributed by atoms with Gasteiger partial charge in [0.05, 0.1) is 0 Å². The van der Waals surface area contributed by atoms with Gasteiger partial charge in [-0.1, -0.05) is 25.7 Å². The zero-order valence-corrected chi connectivity index (χ0v) is 16.8. The molecule has 0 aliphatic carbocycles. The molecule has 0 saturated heterocycles. The van der Waals surface area contributed by atoms with E-state index in [1.807, 2.05) is 13.8 Å². The summed E-state index contributed by atoms with van der Waals surface area (Å²) in [5.41, 5.74) is 11.4. The second kappa shape index (κ2) is 13.1. The summed E-state index contributed by atoms with van der Waals surface area (Å²) < 4.78 is 0. The van der Waals surface area contributed by atoms with E-state index in [1.165, 1.54) is 11.3 Å². The Morgan fingerprint density at radius 2 is 1.26 bits per heavy atom. The fraction of sp³-hybridized carbons (Fsp3) is 0.938. The Hall–Kier alpha value is -0.230. The molecule has 0 unspecified atom stereocenters. The van der Waals surface area contributed by atoms with E-state index in [0.29, 0.717) is 19.5 Å². The molecule has 0 heterocycles. The molecule has 5 N–H and O–H groups in total. The molecule has 0 aromatic rings. The Labute approximate surface area is 154 Å². The molecule has 142 valence electrons. The molecule has 1 amide bonds. The zero-order valence-electron chi connectivity index (χ0n) is 15.1. The molecule has 0 bridgehead atoms. The Morgan fingerprint density at radius 1 is 0.826 bits per heavy atom.